The molecule has 1 saturated carbocycles. The Hall–Kier alpha value is -0.980. The summed E-state index contributed by atoms with van der Waals surface area (Å²) in [5.74, 6) is 0. The van der Waals surface area contributed by atoms with Crippen LogP contribution in [0.5, 0.6) is 0 Å². The van der Waals surface area contributed by atoms with Gasteiger partial charge in [-0.2, -0.15) is 13.2 Å². The minimum Gasteiger partial charge on any atom is -0.329 e. The Morgan fingerprint density at radius 1 is 1.44 bits per heavy atom. The highest BCUT2D eigenvalue weighted by molar-refractivity contribution is 5.74. The van der Waals surface area contributed by atoms with Crippen LogP contribution >= 0.6 is 0 Å². The van der Waals surface area contributed by atoms with Gasteiger partial charge in [0.05, 0.1) is 0 Å². The fourth-order valence-electron chi connectivity index (χ4n) is 1.56. The number of alkyl halides is 3. The van der Waals surface area contributed by atoms with Crippen LogP contribution in [0.15, 0.2) is 0 Å². The topological polar surface area (TPSA) is 58.4 Å². The second-order valence-corrected chi connectivity index (χ2v) is 3.84. The van der Waals surface area contributed by atoms with Gasteiger partial charge >= 0.3 is 12.2 Å². The van der Waals surface area contributed by atoms with Crippen LogP contribution in [-0.4, -0.2) is 42.8 Å². The Kier molecular flexibility index (Phi) is 4.40. The molecule has 0 aromatic heterocycles. The second-order valence-electron chi connectivity index (χ2n) is 3.84. The number of halogens is 3. The Labute approximate surface area is 92.0 Å². The predicted octanol–water partition coefficient (Wildman–Crippen LogP) is 1.07. The van der Waals surface area contributed by atoms with Crippen molar-refractivity contribution in [3.05, 3.63) is 0 Å². The van der Waals surface area contributed by atoms with Gasteiger partial charge in [0.2, 0.25) is 0 Å². The molecule has 3 N–H and O–H groups in total. The lowest BCUT2D eigenvalue weighted by molar-refractivity contribution is -0.123. The van der Waals surface area contributed by atoms with Gasteiger partial charge in [0.15, 0.2) is 0 Å². The fourth-order valence-corrected chi connectivity index (χ4v) is 1.56. The third-order valence-electron chi connectivity index (χ3n) is 2.59. The van der Waals surface area contributed by atoms with E-state index in [4.69, 9.17) is 5.73 Å². The van der Waals surface area contributed by atoms with E-state index in [0.29, 0.717) is 6.54 Å². The highest BCUT2D eigenvalue weighted by atomic mass is 19.4. The summed E-state index contributed by atoms with van der Waals surface area (Å²) in [6.07, 6.45) is -1.67. The van der Waals surface area contributed by atoms with Gasteiger partial charge in [-0.3, -0.25) is 0 Å². The molecule has 7 heteroatoms. The van der Waals surface area contributed by atoms with Crippen LogP contribution in [0.25, 0.3) is 0 Å². The van der Waals surface area contributed by atoms with E-state index in [1.807, 2.05) is 5.32 Å². The third-order valence-corrected chi connectivity index (χ3v) is 2.59. The normalized spacial score (nSPS) is 16.8. The van der Waals surface area contributed by atoms with Crippen LogP contribution in [-0.2, 0) is 0 Å². The number of nitrogens with zero attached hydrogens (tertiary/aromatic N) is 1. The highest BCUT2D eigenvalue weighted by Gasteiger charge is 2.32. The summed E-state index contributed by atoms with van der Waals surface area (Å²) < 4.78 is 35.7. The first-order valence-corrected chi connectivity index (χ1v) is 5.25. The molecule has 0 bridgehead atoms. The van der Waals surface area contributed by atoms with E-state index in [1.165, 1.54) is 4.90 Å². The molecule has 1 aliphatic rings. The summed E-state index contributed by atoms with van der Waals surface area (Å²) >= 11 is 0. The maximum Gasteiger partial charge on any atom is 0.405 e. The SMILES string of the molecule is NCCN(C(=O)NCC(F)(F)F)C1CCC1. The lowest BCUT2D eigenvalue weighted by atomic mass is 9.91. The van der Waals surface area contributed by atoms with Gasteiger partial charge in [-0.15, -0.1) is 0 Å². The number of carbonyl (C=O) groups excluding carboxylic acids is 1. The minimum atomic E-state index is -4.37. The first-order valence-electron chi connectivity index (χ1n) is 5.25. The molecule has 1 fully saturated rings. The molecule has 0 saturated heterocycles. The third kappa shape index (κ3) is 3.88. The van der Waals surface area contributed by atoms with Crippen molar-refractivity contribution in [2.75, 3.05) is 19.6 Å². The molecular formula is C9H16F3N3O. The number of amides is 2. The van der Waals surface area contributed by atoms with Crippen LogP contribution in [0.1, 0.15) is 19.3 Å². The van der Waals surface area contributed by atoms with E-state index in [1.54, 1.807) is 0 Å². The van der Waals surface area contributed by atoms with E-state index in [9.17, 15) is 18.0 Å². The Morgan fingerprint density at radius 2 is 2.06 bits per heavy atom. The molecule has 0 heterocycles. The van der Waals surface area contributed by atoms with Crippen molar-refractivity contribution in [1.29, 1.82) is 0 Å². The van der Waals surface area contributed by atoms with E-state index in [-0.39, 0.29) is 12.6 Å². The monoisotopic (exact) mass is 239 g/mol. The molecule has 2 amide bonds. The van der Waals surface area contributed by atoms with E-state index in [2.05, 4.69) is 0 Å². The van der Waals surface area contributed by atoms with Crippen molar-refractivity contribution in [2.45, 2.75) is 31.5 Å². The number of hydrogen-bond donors (Lipinski definition) is 2. The summed E-state index contributed by atoms with van der Waals surface area (Å²) in [6.45, 7) is -0.732. The Balaban J connectivity index is 2.41. The minimum absolute atomic E-state index is 0.0526. The van der Waals surface area contributed by atoms with Gasteiger partial charge in [0.1, 0.15) is 6.54 Å². The summed E-state index contributed by atoms with van der Waals surface area (Å²) in [4.78, 5) is 12.9. The van der Waals surface area contributed by atoms with Gasteiger partial charge in [-0.05, 0) is 19.3 Å². The van der Waals surface area contributed by atoms with Crippen molar-refractivity contribution >= 4 is 6.03 Å². The van der Waals surface area contributed by atoms with E-state index in [0.717, 1.165) is 19.3 Å². The van der Waals surface area contributed by atoms with Gasteiger partial charge in [0.25, 0.3) is 0 Å². The Bertz CT molecular complexity index is 241. The molecule has 1 rings (SSSR count). The zero-order valence-corrected chi connectivity index (χ0v) is 8.89. The summed E-state index contributed by atoms with van der Waals surface area (Å²) in [6, 6.07) is -0.621. The standard InChI is InChI=1S/C9H16F3N3O/c10-9(11,12)6-14-8(16)15(5-4-13)7-2-1-3-7/h7H,1-6,13H2,(H,14,16). The number of carbonyl (C=O) groups is 1. The molecule has 0 aromatic rings. The van der Waals surface area contributed by atoms with Crippen LogP contribution in [0.3, 0.4) is 0 Å². The molecule has 0 aliphatic heterocycles. The molecule has 0 spiro atoms. The number of nitrogens with one attached hydrogen (secondary N) is 1. The smallest absolute Gasteiger partial charge is 0.329 e. The summed E-state index contributed by atoms with van der Waals surface area (Å²) in [5, 5.41) is 1.86. The van der Waals surface area contributed by atoms with E-state index < -0.39 is 18.8 Å². The van der Waals surface area contributed by atoms with Crippen molar-refractivity contribution in [2.24, 2.45) is 5.73 Å². The molecule has 0 atom stereocenters. The van der Waals surface area contributed by atoms with Crippen LogP contribution in [0, 0.1) is 0 Å². The van der Waals surface area contributed by atoms with Gasteiger partial charge in [-0.1, -0.05) is 0 Å². The molecule has 1 aliphatic carbocycles. The van der Waals surface area contributed by atoms with Crippen LogP contribution in [0.2, 0.25) is 0 Å². The van der Waals surface area contributed by atoms with Crippen molar-refractivity contribution in [3.8, 4) is 0 Å². The van der Waals surface area contributed by atoms with Crippen molar-refractivity contribution < 1.29 is 18.0 Å². The maximum absolute atomic E-state index is 11.9. The number of urea groups is 1. The van der Waals surface area contributed by atoms with Gasteiger partial charge in [0, 0.05) is 19.1 Å². The Morgan fingerprint density at radius 3 is 2.44 bits per heavy atom. The maximum atomic E-state index is 11.9. The van der Waals surface area contributed by atoms with Gasteiger partial charge in [-0.25, -0.2) is 4.79 Å². The largest absolute Gasteiger partial charge is 0.405 e. The summed E-state index contributed by atoms with van der Waals surface area (Å²) in [7, 11) is 0. The molecule has 4 nitrogen and oxygen atoms in total. The second kappa shape index (κ2) is 5.38. The van der Waals surface area contributed by atoms with Crippen LogP contribution in [0.4, 0.5) is 18.0 Å². The summed E-state index contributed by atoms with van der Waals surface area (Å²) in [5.41, 5.74) is 5.32. The quantitative estimate of drug-likeness (QED) is 0.771. The first kappa shape index (κ1) is 13.1. The van der Waals surface area contributed by atoms with E-state index >= 15 is 0 Å². The number of hydrogen-bond acceptors (Lipinski definition) is 2. The molecule has 0 radical (unpaired) electrons. The zero-order valence-electron chi connectivity index (χ0n) is 8.89. The average Bonchev–Trinajstić information content (AvgIpc) is 2.09. The molecule has 0 aromatic carbocycles. The lowest BCUT2D eigenvalue weighted by Gasteiger charge is -2.37. The first-order chi connectivity index (χ1) is 7.44. The molecular weight excluding hydrogens is 223 g/mol. The zero-order chi connectivity index (χ0) is 12.2. The molecule has 94 valence electrons. The van der Waals surface area contributed by atoms with Gasteiger partial charge < -0.3 is 16.0 Å². The predicted molar refractivity (Wildman–Crippen MR) is 52.9 cm³/mol. The molecule has 16 heavy (non-hydrogen) atoms. The van der Waals surface area contributed by atoms with Crippen LogP contribution < -0.4 is 11.1 Å². The van der Waals surface area contributed by atoms with Crippen molar-refractivity contribution in [3.63, 3.8) is 0 Å². The lowest BCUT2D eigenvalue weighted by Crippen LogP contribution is -2.52. The highest BCUT2D eigenvalue weighted by Crippen LogP contribution is 2.24. The number of nitrogens with two attached hydrogens (primary N) is 1. The average molecular weight is 239 g/mol. The molecule has 0 unspecified atom stereocenters. The number of rotatable bonds is 4. The van der Waals surface area contributed by atoms with Crippen molar-refractivity contribution in [1.82, 2.24) is 10.2 Å². The fraction of sp³-hybridized carbons (Fsp3) is 0.889.